The molecular formula is C15H20N2O. The highest BCUT2D eigenvalue weighted by Crippen LogP contribution is 2.19. The van der Waals surface area contributed by atoms with Crippen LogP contribution in [0.3, 0.4) is 0 Å². The number of hydrogen-bond acceptors (Lipinski definition) is 2. The Kier molecular flexibility index (Phi) is 3.80. The summed E-state index contributed by atoms with van der Waals surface area (Å²) in [5, 5.41) is 13.1. The van der Waals surface area contributed by atoms with Gasteiger partial charge < -0.3 is 5.21 Å². The van der Waals surface area contributed by atoms with Crippen LogP contribution in [-0.4, -0.2) is 4.98 Å². The van der Waals surface area contributed by atoms with Crippen LogP contribution in [0.15, 0.2) is 24.4 Å². The molecule has 1 aromatic heterocycles. The first-order valence-electron chi connectivity index (χ1n) is 6.64. The van der Waals surface area contributed by atoms with E-state index in [1.54, 1.807) is 0 Å². The van der Waals surface area contributed by atoms with Crippen molar-refractivity contribution in [3.8, 4) is 0 Å². The van der Waals surface area contributed by atoms with Gasteiger partial charge in [-0.15, -0.1) is 0 Å². The van der Waals surface area contributed by atoms with E-state index in [4.69, 9.17) is 0 Å². The fourth-order valence-electron chi connectivity index (χ4n) is 2.06. The minimum Gasteiger partial charge on any atom is -0.710 e. The summed E-state index contributed by atoms with van der Waals surface area (Å²) in [4.78, 5) is 4.29. The molecule has 0 unspecified atom stereocenters. The molecular weight excluding hydrogens is 224 g/mol. The van der Waals surface area contributed by atoms with Crippen LogP contribution >= 0.6 is 0 Å². The van der Waals surface area contributed by atoms with Crippen molar-refractivity contribution in [2.45, 2.75) is 46.0 Å². The second-order valence-electron chi connectivity index (χ2n) is 5.05. The molecule has 0 saturated heterocycles. The Hall–Kier alpha value is -1.64. The zero-order valence-corrected chi connectivity index (χ0v) is 11.3. The summed E-state index contributed by atoms with van der Waals surface area (Å²) in [7, 11) is 0. The van der Waals surface area contributed by atoms with Crippen LogP contribution in [0.1, 0.15) is 50.9 Å². The summed E-state index contributed by atoms with van der Waals surface area (Å²) in [5.74, 6) is 1.09. The summed E-state index contributed by atoms with van der Waals surface area (Å²) in [6.07, 6.45) is 4.65. The molecule has 18 heavy (non-hydrogen) atoms. The monoisotopic (exact) mass is 244 g/mol. The van der Waals surface area contributed by atoms with E-state index in [0.29, 0.717) is 11.7 Å². The highest BCUT2D eigenvalue weighted by molar-refractivity contribution is 5.75. The molecule has 0 N–H and O–H groups in total. The molecule has 2 aromatic rings. The van der Waals surface area contributed by atoms with Gasteiger partial charge in [0.05, 0.1) is 11.8 Å². The number of fused-ring (bicyclic) bond motifs is 1. The summed E-state index contributed by atoms with van der Waals surface area (Å²) in [5.41, 5.74) is 1.96. The molecule has 0 atom stereocenters. The normalized spacial score (nSPS) is 11.3. The van der Waals surface area contributed by atoms with Crippen LogP contribution in [0.25, 0.3) is 10.9 Å². The van der Waals surface area contributed by atoms with Gasteiger partial charge in [0, 0.05) is 0 Å². The van der Waals surface area contributed by atoms with Gasteiger partial charge in [-0.05, 0) is 30.0 Å². The van der Waals surface area contributed by atoms with Crippen molar-refractivity contribution in [2.24, 2.45) is 0 Å². The van der Waals surface area contributed by atoms with Crippen molar-refractivity contribution >= 4 is 10.9 Å². The van der Waals surface area contributed by atoms with Gasteiger partial charge in [-0.1, -0.05) is 38.2 Å². The lowest BCUT2D eigenvalue weighted by molar-refractivity contribution is -0.589. The van der Waals surface area contributed by atoms with Gasteiger partial charge in [0.15, 0.2) is 6.20 Å². The molecule has 3 heteroatoms. The summed E-state index contributed by atoms with van der Waals surface area (Å²) in [6, 6.07) is 6.00. The summed E-state index contributed by atoms with van der Waals surface area (Å²) in [6.45, 7) is 6.41. The summed E-state index contributed by atoms with van der Waals surface area (Å²) < 4.78 is 0.981. The lowest BCUT2D eigenvalue weighted by atomic mass is 10.0. The Morgan fingerprint density at radius 2 is 2.11 bits per heavy atom. The number of aromatic nitrogens is 2. The number of hydrogen-bond donors (Lipinski definition) is 0. The van der Waals surface area contributed by atoms with Gasteiger partial charge in [-0.3, -0.25) is 0 Å². The minimum atomic E-state index is 0.467. The SMILES string of the molecule is CCCCc1ncc2cc(C(C)C)ccc2[n+]1[O-]. The quantitative estimate of drug-likeness (QED) is 0.611. The molecule has 96 valence electrons. The van der Waals surface area contributed by atoms with E-state index in [2.05, 4.69) is 31.8 Å². The van der Waals surface area contributed by atoms with Crippen molar-refractivity contribution in [2.75, 3.05) is 0 Å². The molecule has 3 nitrogen and oxygen atoms in total. The number of aryl methyl sites for hydroxylation is 1. The maximum absolute atomic E-state index is 12.2. The maximum atomic E-state index is 12.2. The van der Waals surface area contributed by atoms with Gasteiger partial charge in [-0.25, -0.2) is 4.73 Å². The van der Waals surface area contributed by atoms with Crippen LogP contribution in [0.2, 0.25) is 0 Å². The van der Waals surface area contributed by atoms with E-state index >= 15 is 0 Å². The third-order valence-corrected chi connectivity index (χ3v) is 3.28. The first kappa shape index (κ1) is 12.8. The fourth-order valence-corrected chi connectivity index (χ4v) is 2.06. The van der Waals surface area contributed by atoms with E-state index in [-0.39, 0.29) is 0 Å². The van der Waals surface area contributed by atoms with E-state index in [0.717, 1.165) is 34.9 Å². The topological polar surface area (TPSA) is 39.8 Å². The zero-order chi connectivity index (χ0) is 13.1. The van der Waals surface area contributed by atoms with Gasteiger partial charge in [0.1, 0.15) is 5.52 Å². The second-order valence-corrected chi connectivity index (χ2v) is 5.05. The van der Waals surface area contributed by atoms with Crippen molar-refractivity contribution in [1.29, 1.82) is 0 Å². The Bertz CT molecular complexity index is 549. The first-order chi connectivity index (χ1) is 8.63. The molecule has 0 bridgehead atoms. The van der Waals surface area contributed by atoms with Crippen molar-refractivity contribution < 1.29 is 4.73 Å². The molecule has 2 rings (SSSR count). The Labute approximate surface area is 108 Å². The third-order valence-electron chi connectivity index (χ3n) is 3.28. The van der Waals surface area contributed by atoms with Crippen molar-refractivity contribution in [3.63, 3.8) is 0 Å². The smallest absolute Gasteiger partial charge is 0.301 e. The molecule has 0 fully saturated rings. The van der Waals surface area contributed by atoms with Gasteiger partial charge >= 0.3 is 5.82 Å². The Morgan fingerprint density at radius 3 is 2.78 bits per heavy atom. The maximum Gasteiger partial charge on any atom is 0.301 e. The van der Waals surface area contributed by atoms with Crippen LogP contribution in [-0.2, 0) is 6.42 Å². The fraction of sp³-hybridized carbons (Fsp3) is 0.467. The van der Waals surface area contributed by atoms with E-state index in [1.165, 1.54) is 5.56 Å². The summed E-state index contributed by atoms with van der Waals surface area (Å²) >= 11 is 0. The highest BCUT2D eigenvalue weighted by Gasteiger charge is 2.11. The van der Waals surface area contributed by atoms with Crippen LogP contribution in [0.5, 0.6) is 0 Å². The Morgan fingerprint density at radius 1 is 1.33 bits per heavy atom. The largest absolute Gasteiger partial charge is 0.710 e. The average molecular weight is 244 g/mol. The molecule has 0 radical (unpaired) electrons. The second kappa shape index (κ2) is 5.34. The van der Waals surface area contributed by atoms with E-state index in [1.807, 2.05) is 18.3 Å². The van der Waals surface area contributed by atoms with Crippen LogP contribution in [0, 0.1) is 5.21 Å². The third kappa shape index (κ3) is 2.45. The molecule has 0 aliphatic heterocycles. The lowest BCUT2D eigenvalue weighted by Crippen LogP contribution is -2.34. The van der Waals surface area contributed by atoms with Gasteiger partial charge in [0.25, 0.3) is 0 Å². The lowest BCUT2D eigenvalue weighted by Gasteiger charge is -2.11. The van der Waals surface area contributed by atoms with Crippen LogP contribution < -0.4 is 4.73 Å². The minimum absolute atomic E-state index is 0.467. The molecule has 1 aromatic carbocycles. The van der Waals surface area contributed by atoms with Crippen molar-refractivity contribution in [1.82, 2.24) is 4.98 Å². The molecule has 0 aliphatic carbocycles. The zero-order valence-electron chi connectivity index (χ0n) is 11.3. The predicted octanol–water partition coefficient (Wildman–Crippen LogP) is 3.33. The molecule has 0 spiro atoms. The first-order valence-corrected chi connectivity index (χ1v) is 6.64. The highest BCUT2D eigenvalue weighted by atomic mass is 16.5. The number of benzene rings is 1. The van der Waals surface area contributed by atoms with Crippen molar-refractivity contribution in [3.05, 3.63) is 41.0 Å². The van der Waals surface area contributed by atoms with Crippen LogP contribution in [0.4, 0.5) is 0 Å². The van der Waals surface area contributed by atoms with E-state index < -0.39 is 0 Å². The predicted molar refractivity (Wildman–Crippen MR) is 73.4 cm³/mol. The number of unbranched alkanes of at least 4 members (excludes halogenated alkanes) is 1. The van der Waals surface area contributed by atoms with Gasteiger partial charge in [0.2, 0.25) is 0 Å². The molecule has 0 saturated carbocycles. The molecule has 0 amide bonds. The number of rotatable bonds is 4. The Balaban J connectivity index is 2.45. The van der Waals surface area contributed by atoms with Gasteiger partial charge in [-0.2, -0.15) is 0 Å². The number of nitrogens with zero attached hydrogens (tertiary/aromatic N) is 2. The molecule has 1 heterocycles. The standard InChI is InChI=1S/C15H20N2O/c1-4-5-6-15-16-10-13-9-12(11(2)3)7-8-14(13)17(15)18/h7-11H,4-6H2,1-3H3. The van der Waals surface area contributed by atoms with E-state index in [9.17, 15) is 5.21 Å². The molecule has 0 aliphatic rings. The average Bonchev–Trinajstić information content (AvgIpc) is 2.37.